The van der Waals surface area contributed by atoms with E-state index in [0.717, 1.165) is 31.7 Å². The van der Waals surface area contributed by atoms with Gasteiger partial charge in [0, 0.05) is 30.3 Å². The number of benzene rings is 2. The predicted molar refractivity (Wildman–Crippen MR) is 118 cm³/mol. The zero-order valence-corrected chi connectivity index (χ0v) is 18.5. The summed E-state index contributed by atoms with van der Waals surface area (Å²) in [7, 11) is -2.65. The fourth-order valence-electron chi connectivity index (χ4n) is 3.50. The number of ether oxygens (including phenoxy) is 1. The Kier molecular flexibility index (Phi) is 7.81. The van der Waals surface area contributed by atoms with Crippen molar-refractivity contribution in [3.8, 4) is 5.75 Å². The highest BCUT2D eigenvalue weighted by atomic mass is 32.2. The van der Waals surface area contributed by atoms with Crippen LogP contribution in [0.4, 0.5) is 10.1 Å². The van der Waals surface area contributed by atoms with Gasteiger partial charge in [0.05, 0.1) is 12.0 Å². The number of amides is 2. The van der Waals surface area contributed by atoms with E-state index in [0.29, 0.717) is 11.3 Å². The fourth-order valence-corrected chi connectivity index (χ4v) is 4.54. The summed E-state index contributed by atoms with van der Waals surface area (Å²) in [4.78, 5) is 24.2. The molecule has 1 fully saturated rings. The highest BCUT2D eigenvalue weighted by Gasteiger charge is 2.22. The van der Waals surface area contributed by atoms with Gasteiger partial charge in [-0.15, -0.1) is 0 Å². The Morgan fingerprint density at radius 2 is 1.75 bits per heavy atom. The van der Waals surface area contributed by atoms with Crippen LogP contribution in [0, 0.1) is 11.7 Å². The van der Waals surface area contributed by atoms with Crippen molar-refractivity contribution in [2.45, 2.75) is 30.6 Å². The topological polar surface area (TPSA) is 114 Å². The number of halogens is 1. The maximum Gasteiger partial charge on any atom is 0.251 e. The van der Waals surface area contributed by atoms with Gasteiger partial charge in [0.15, 0.2) is 11.6 Å². The van der Waals surface area contributed by atoms with Crippen molar-refractivity contribution in [2.24, 2.45) is 5.92 Å². The molecule has 0 bridgehead atoms. The molecule has 2 amide bonds. The molecule has 8 nitrogen and oxygen atoms in total. The quantitative estimate of drug-likeness (QED) is 0.495. The summed E-state index contributed by atoms with van der Waals surface area (Å²) in [5.41, 5.74) is 1.00. The second-order valence-electron chi connectivity index (χ2n) is 7.50. The number of rotatable bonds is 9. The van der Waals surface area contributed by atoms with Gasteiger partial charge in [-0.3, -0.25) is 9.59 Å². The molecule has 2 aromatic rings. The molecule has 0 saturated heterocycles. The standard InChI is InChI=1S/C22H26FN3O5S/c1-31-20-11-10-18(14-19(20)23)32(29,30)25-13-12-24-21(27)16-6-8-17(9-7-16)26-22(28)15-4-2-3-5-15/h6-11,14-15,25H,2-5,12-13H2,1H3,(H,24,27)(H,26,28). The number of nitrogens with one attached hydrogen (secondary N) is 3. The molecule has 0 aliphatic heterocycles. The summed E-state index contributed by atoms with van der Waals surface area (Å²) in [5, 5.41) is 5.47. The van der Waals surface area contributed by atoms with Gasteiger partial charge in [0.2, 0.25) is 15.9 Å². The van der Waals surface area contributed by atoms with Crippen molar-refractivity contribution in [3.63, 3.8) is 0 Å². The van der Waals surface area contributed by atoms with Gasteiger partial charge in [-0.1, -0.05) is 12.8 Å². The number of methoxy groups -OCH3 is 1. The van der Waals surface area contributed by atoms with E-state index in [9.17, 15) is 22.4 Å². The Balaban J connectivity index is 1.46. The summed E-state index contributed by atoms with van der Waals surface area (Å²) in [6.45, 7) is -0.0336. The highest BCUT2D eigenvalue weighted by molar-refractivity contribution is 7.89. The lowest BCUT2D eigenvalue weighted by Crippen LogP contribution is -2.34. The minimum Gasteiger partial charge on any atom is -0.494 e. The van der Waals surface area contributed by atoms with Crippen molar-refractivity contribution in [1.82, 2.24) is 10.0 Å². The Bertz CT molecular complexity index is 1070. The first-order chi connectivity index (χ1) is 15.3. The van der Waals surface area contributed by atoms with Crippen molar-refractivity contribution in [3.05, 3.63) is 53.8 Å². The predicted octanol–water partition coefficient (Wildman–Crippen LogP) is 2.67. The minimum atomic E-state index is -3.93. The Morgan fingerprint density at radius 1 is 1.06 bits per heavy atom. The third-order valence-electron chi connectivity index (χ3n) is 5.28. The molecular formula is C22H26FN3O5S. The smallest absolute Gasteiger partial charge is 0.251 e. The molecule has 2 aromatic carbocycles. The van der Waals surface area contributed by atoms with Gasteiger partial charge >= 0.3 is 0 Å². The van der Waals surface area contributed by atoms with Crippen molar-refractivity contribution in [1.29, 1.82) is 0 Å². The zero-order valence-electron chi connectivity index (χ0n) is 17.7. The van der Waals surface area contributed by atoms with Crippen LogP contribution in [0.2, 0.25) is 0 Å². The third-order valence-corrected chi connectivity index (χ3v) is 6.74. The SMILES string of the molecule is COc1ccc(S(=O)(=O)NCCNC(=O)c2ccc(NC(=O)C3CCCC3)cc2)cc1F. The molecule has 32 heavy (non-hydrogen) atoms. The molecule has 10 heteroatoms. The molecule has 0 aromatic heterocycles. The summed E-state index contributed by atoms with van der Waals surface area (Å²) >= 11 is 0. The average Bonchev–Trinajstić information content (AvgIpc) is 3.32. The number of hydrogen-bond acceptors (Lipinski definition) is 5. The molecule has 1 saturated carbocycles. The highest BCUT2D eigenvalue weighted by Crippen LogP contribution is 2.26. The molecule has 3 rings (SSSR count). The van der Waals surface area contributed by atoms with Gasteiger partial charge in [0.25, 0.3) is 5.91 Å². The second-order valence-corrected chi connectivity index (χ2v) is 9.26. The summed E-state index contributed by atoms with van der Waals surface area (Å²) in [6, 6.07) is 9.81. The van der Waals surface area contributed by atoms with Gasteiger partial charge in [-0.25, -0.2) is 17.5 Å². The van der Waals surface area contributed by atoms with Crippen LogP contribution < -0.4 is 20.1 Å². The van der Waals surface area contributed by atoms with Crippen LogP contribution in [-0.4, -0.2) is 40.4 Å². The fraction of sp³-hybridized carbons (Fsp3) is 0.364. The van der Waals surface area contributed by atoms with Crippen molar-refractivity contribution < 1.29 is 27.1 Å². The van der Waals surface area contributed by atoms with E-state index in [1.165, 1.54) is 19.2 Å². The molecule has 1 aliphatic carbocycles. The lowest BCUT2D eigenvalue weighted by atomic mass is 10.1. The second kappa shape index (κ2) is 10.6. The summed E-state index contributed by atoms with van der Waals surface area (Å²) in [5.74, 6) is -1.17. The van der Waals surface area contributed by atoms with E-state index in [1.54, 1.807) is 24.3 Å². The molecule has 0 unspecified atom stereocenters. The Morgan fingerprint density at radius 3 is 2.38 bits per heavy atom. The molecule has 3 N–H and O–H groups in total. The van der Waals surface area contributed by atoms with Crippen LogP contribution in [0.3, 0.4) is 0 Å². The Labute approximate surface area is 186 Å². The average molecular weight is 464 g/mol. The van der Waals surface area contributed by atoms with E-state index in [-0.39, 0.29) is 41.5 Å². The molecule has 0 atom stereocenters. The number of sulfonamides is 1. The minimum absolute atomic E-state index is 0.00345. The lowest BCUT2D eigenvalue weighted by molar-refractivity contribution is -0.119. The number of anilines is 1. The van der Waals surface area contributed by atoms with Gasteiger partial charge < -0.3 is 15.4 Å². The normalized spacial score (nSPS) is 14.2. The molecule has 172 valence electrons. The maximum atomic E-state index is 13.7. The van der Waals surface area contributed by atoms with Gasteiger partial charge in [-0.05, 0) is 55.3 Å². The molecular weight excluding hydrogens is 437 g/mol. The number of carbonyl (C=O) groups is 2. The zero-order chi connectivity index (χ0) is 23.1. The van der Waals surface area contributed by atoms with Crippen molar-refractivity contribution >= 4 is 27.5 Å². The van der Waals surface area contributed by atoms with E-state index in [4.69, 9.17) is 4.74 Å². The molecule has 0 spiro atoms. The van der Waals surface area contributed by atoms with Gasteiger partial charge in [0.1, 0.15) is 0 Å². The number of hydrogen-bond donors (Lipinski definition) is 3. The first-order valence-electron chi connectivity index (χ1n) is 10.3. The maximum absolute atomic E-state index is 13.7. The van der Waals surface area contributed by atoms with Crippen LogP contribution in [0.25, 0.3) is 0 Å². The first kappa shape index (κ1) is 23.7. The van der Waals surface area contributed by atoms with Crippen LogP contribution in [0.15, 0.2) is 47.4 Å². The monoisotopic (exact) mass is 463 g/mol. The molecule has 0 heterocycles. The summed E-state index contributed by atoms with van der Waals surface area (Å²) < 4.78 is 45.3. The molecule has 0 radical (unpaired) electrons. The number of carbonyl (C=O) groups excluding carboxylic acids is 2. The van der Waals surface area contributed by atoms with Crippen LogP contribution >= 0.6 is 0 Å². The Hall–Kier alpha value is -2.98. The van der Waals surface area contributed by atoms with E-state index >= 15 is 0 Å². The van der Waals surface area contributed by atoms with Crippen LogP contribution in [-0.2, 0) is 14.8 Å². The first-order valence-corrected chi connectivity index (χ1v) is 11.8. The van der Waals surface area contributed by atoms with E-state index < -0.39 is 15.8 Å². The van der Waals surface area contributed by atoms with Gasteiger partial charge in [-0.2, -0.15) is 0 Å². The molecule has 1 aliphatic rings. The summed E-state index contributed by atoms with van der Waals surface area (Å²) in [6.07, 6.45) is 3.96. The van der Waals surface area contributed by atoms with Crippen LogP contribution in [0.5, 0.6) is 5.75 Å². The van der Waals surface area contributed by atoms with Crippen molar-refractivity contribution in [2.75, 3.05) is 25.5 Å². The third kappa shape index (κ3) is 6.04. The van der Waals surface area contributed by atoms with Crippen LogP contribution in [0.1, 0.15) is 36.0 Å². The van der Waals surface area contributed by atoms with E-state index in [2.05, 4.69) is 15.4 Å². The largest absolute Gasteiger partial charge is 0.494 e. The van der Waals surface area contributed by atoms with E-state index in [1.807, 2.05) is 0 Å². The lowest BCUT2D eigenvalue weighted by Gasteiger charge is -2.11.